The van der Waals surface area contributed by atoms with Crippen LogP contribution in [0.1, 0.15) is 12.5 Å². The van der Waals surface area contributed by atoms with Crippen molar-refractivity contribution in [3.63, 3.8) is 0 Å². The largest absolute Gasteiger partial charge is 0.480 e. The standard InChI is InChI=1S/C14H18N2O5/c1-10(17)16(2)7-11-5-3-4-6-12(11)15-13(18)8-21-9-14(19)20/h3-6H,7-9H2,1-2H3,(H,15,18)(H,19,20). The zero-order chi connectivity index (χ0) is 15.8. The summed E-state index contributed by atoms with van der Waals surface area (Å²) in [4.78, 5) is 34.7. The van der Waals surface area contributed by atoms with Crippen LogP contribution in [0.3, 0.4) is 0 Å². The van der Waals surface area contributed by atoms with E-state index in [1.54, 1.807) is 31.3 Å². The average molecular weight is 294 g/mol. The molecule has 2 amide bonds. The Bertz CT molecular complexity index is 530. The number of carboxylic acids is 1. The number of ether oxygens (including phenoxy) is 1. The van der Waals surface area contributed by atoms with Gasteiger partial charge in [-0.1, -0.05) is 18.2 Å². The fourth-order valence-electron chi connectivity index (χ4n) is 1.56. The molecular formula is C14H18N2O5. The predicted octanol–water partition coefficient (Wildman–Crippen LogP) is 0.705. The third-order valence-electron chi connectivity index (χ3n) is 2.70. The van der Waals surface area contributed by atoms with Gasteiger partial charge in [0.05, 0.1) is 0 Å². The van der Waals surface area contributed by atoms with Crippen molar-refractivity contribution < 1.29 is 24.2 Å². The van der Waals surface area contributed by atoms with E-state index in [-0.39, 0.29) is 12.5 Å². The van der Waals surface area contributed by atoms with Gasteiger partial charge in [-0.25, -0.2) is 4.79 Å². The minimum absolute atomic E-state index is 0.0825. The second-order valence-electron chi connectivity index (χ2n) is 4.47. The molecule has 0 fully saturated rings. The fraction of sp³-hybridized carbons (Fsp3) is 0.357. The van der Waals surface area contributed by atoms with Gasteiger partial charge in [0.15, 0.2) is 0 Å². The third kappa shape index (κ3) is 6.05. The van der Waals surface area contributed by atoms with E-state index in [2.05, 4.69) is 5.32 Å². The van der Waals surface area contributed by atoms with E-state index in [1.165, 1.54) is 11.8 Å². The molecule has 0 unspecified atom stereocenters. The van der Waals surface area contributed by atoms with Gasteiger partial charge in [0.2, 0.25) is 11.8 Å². The number of nitrogens with zero attached hydrogens (tertiary/aromatic N) is 1. The van der Waals surface area contributed by atoms with Crippen LogP contribution in [0.15, 0.2) is 24.3 Å². The Hall–Kier alpha value is -2.41. The number of para-hydroxylation sites is 1. The molecule has 7 nitrogen and oxygen atoms in total. The number of carboxylic acid groups (broad SMARTS) is 1. The van der Waals surface area contributed by atoms with Gasteiger partial charge in [0.25, 0.3) is 0 Å². The fourth-order valence-corrected chi connectivity index (χ4v) is 1.56. The first-order chi connectivity index (χ1) is 9.90. The molecule has 21 heavy (non-hydrogen) atoms. The van der Waals surface area contributed by atoms with Crippen molar-refractivity contribution >= 4 is 23.5 Å². The highest BCUT2D eigenvalue weighted by Crippen LogP contribution is 2.16. The van der Waals surface area contributed by atoms with Gasteiger partial charge in [0, 0.05) is 26.2 Å². The Morgan fingerprint density at radius 1 is 1.24 bits per heavy atom. The van der Waals surface area contributed by atoms with E-state index in [9.17, 15) is 14.4 Å². The van der Waals surface area contributed by atoms with Gasteiger partial charge in [0.1, 0.15) is 13.2 Å². The number of benzene rings is 1. The lowest BCUT2D eigenvalue weighted by Gasteiger charge is -2.17. The number of carbonyl (C=O) groups excluding carboxylic acids is 2. The van der Waals surface area contributed by atoms with Crippen LogP contribution in [0.2, 0.25) is 0 Å². The number of rotatable bonds is 7. The van der Waals surface area contributed by atoms with E-state index in [0.29, 0.717) is 12.2 Å². The first kappa shape index (κ1) is 16.6. The molecule has 0 saturated carbocycles. The number of amides is 2. The smallest absolute Gasteiger partial charge is 0.329 e. The number of anilines is 1. The van der Waals surface area contributed by atoms with Gasteiger partial charge < -0.3 is 20.1 Å². The van der Waals surface area contributed by atoms with Crippen LogP contribution in [0.5, 0.6) is 0 Å². The van der Waals surface area contributed by atoms with Gasteiger partial charge >= 0.3 is 5.97 Å². The number of carbonyl (C=O) groups is 3. The summed E-state index contributed by atoms with van der Waals surface area (Å²) in [7, 11) is 1.66. The predicted molar refractivity (Wildman–Crippen MR) is 75.7 cm³/mol. The molecule has 0 aromatic heterocycles. The summed E-state index contributed by atoms with van der Waals surface area (Å²) in [5.41, 5.74) is 1.34. The topological polar surface area (TPSA) is 95.9 Å². The van der Waals surface area contributed by atoms with Crippen molar-refractivity contribution in [3.05, 3.63) is 29.8 Å². The number of aliphatic carboxylic acids is 1. The highest BCUT2D eigenvalue weighted by Gasteiger charge is 2.10. The lowest BCUT2D eigenvalue weighted by Crippen LogP contribution is -2.25. The van der Waals surface area contributed by atoms with Gasteiger partial charge in [-0.2, -0.15) is 0 Å². The second-order valence-corrected chi connectivity index (χ2v) is 4.47. The van der Waals surface area contributed by atoms with E-state index in [0.717, 1.165) is 5.56 Å². The van der Waals surface area contributed by atoms with Crippen molar-refractivity contribution in [1.29, 1.82) is 0 Å². The molecule has 2 N–H and O–H groups in total. The second kappa shape index (κ2) is 8.01. The number of hydrogen-bond acceptors (Lipinski definition) is 4. The maximum Gasteiger partial charge on any atom is 0.329 e. The van der Waals surface area contributed by atoms with E-state index in [1.807, 2.05) is 0 Å². The zero-order valence-corrected chi connectivity index (χ0v) is 12.0. The summed E-state index contributed by atoms with van der Waals surface area (Å²) in [5, 5.41) is 11.1. The third-order valence-corrected chi connectivity index (χ3v) is 2.70. The molecule has 1 aromatic carbocycles. The normalized spacial score (nSPS) is 10.0. The molecule has 114 valence electrons. The summed E-state index contributed by atoms with van der Waals surface area (Å²) >= 11 is 0. The van der Waals surface area contributed by atoms with Crippen LogP contribution in [0, 0.1) is 0 Å². The lowest BCUT2D eigenvalue weighted by molar-refractivity contribution is -0.143. The Labute approximate surface area is 122 Å². The molecule has 1 rings (SSSR count). The summed E-state index contributed by atoms with van der Waals surface area (Å²) in [6.07, 6.45) is 0. The zero-order valence-electron chi connectivity index (χ0n) is 12.0. The molecular weight excluding hydrogens is 276 g/mol. The molecule has 7 heteroatoms. The Morgan fingerprint density at radius 2 is 1.90 bits per heavy atom. The van der Waals surface area contributed by atoms with Gasteiger partial charge in [-0.15, -0.1) is 0 Å². The van der Waals surface area contributed by atoms with Gasteiger partial charge in [-0.3, -0.25) is 9.59 Å². The Morgan fingerprint density at radius 3 is 2.52 bits per heavy atom. The van der Waals surface area contributed by atoms with Crippen LogP contribution in [0.25, 0.3) is 0 Å². The van der Waals surface area contributed by atoms with Crippen molar-refractivity contribution in [2.45, 2.75) is 13.5 Å². The Kier molecular flexibility index (Phi) is 6.35. The molecule has 0 aliphatic rings. The maximum atomic E-state index is 11.7. The summed E-state index contributed by atoms with van der Waals surface area (Å²) in [6.45, 7) is 0.952. The molecule has 0 aliphatic heterocycles. The van der Waals surface area contributed by atoms with Crippen LogP contribution in [0.4, 0.5) is 5.69 Å². The van der Waals surface area contributed by atoms with Crippen LogP contribution < -0.4 is 5.32 Å². The van der Waals surface area contributed by atoms with E-state index < -0.39 is 18.5 Å². The van der Waals surface area contributed by atoms with Gasteiger partial charge in [-0.05, 0) is 11.6 Å². The van der Waals surface area contributed by atoms with Crippen LogP contribution in [-0.4, -0.2) is 48.1 Å². The monoisotopic (exact) mass is 294 g/mol. The van der Waals surface area contributed by atoms with Crippen molar-refractivity contribution in [2.24, 2.45) is 0 Å². The highest BCUT2D eigenvalue weighted by atomic mass is 16.5. The molecule has 0 radical (unpaired) electrons. The van der Waals surface area contributed by atoms with Crippen LogP contribution in [-0.2, 0) is 25.7 Å². The number of hydrogen-bond donors (Lipinski definition) is 2. The average Bonchev–Trinajstić information content (AvgIpc) is 2.40. The van der Waals surface area contributed by atoms with E-state index >= 15 is 0 Å². The first-order valence-corrected chi connectivity index (χ1v) is 6.29. The molecule has 0 aliphatic carbocycles. The number of nitrogens with one attached hydrogen (secondary N) is 1. The van der Waals surface area contributed by atoms with Crippen LogP contribution >= 0.6 is 0 Å². The minimum Gasteiger partial charge on any atom is -0.480 e. The quantitative estimate of drug-likeness (QED) is 0.772. The molecule has 0 heterocycles. The maximum absolute atomic E-state index is 11.7. The molecule has 0 atom stereocenters. The summed E-state index contributed by atoms with van der Waals surface area (Å²) in [6, 6.07) is 7.07. The SMILES string of the molecule is CC(=O)N(C)Cc1ccccc1NC(=O)COCC(=O)O. The minimum atomic E-state index is -1.13. The van der Waals surface area contributed by atoms with Crippen molar-refractivity contribution in [1.82, 2.24) is 4.90 Å². The lowest BCUT2D eigenvalue weighted by atomic mass is 10.1. The summed E-state index contributed by atoms with van der Waals surface area (Å²) in [5.74, 6) is -1.67. The molecule has 1 aromatic rings. The highest BCUT2D eigenvalue weighted by molar-refractivity contribution is 5.92. The molecule has 0 bridgehead atoms. The van der Waals surface area contributed by atoms with Crippen molar-refractivity contribution in [2.75, 3.05) is 25.6 Å². The Balaban J connectivity index is 2.64. The molecule has 0 saturated heterocycles. The first-order valence-electron chi connectivity index (χ1n) is 6.29. The van der Waals surface area contributed by atoms with Crippen molar-refractivity contribution in [3.8, 4) is 0 Å². The summed E-state index contributed by atoms with van der Waals surface area (Å²) < 4.78 is 4.71. The molecule has 0 spiro atoms. The van der Waals surface area contributed by atoms with E-state index in [4.69, 9.17) is 9.84 Å².